The van der Waals surface area contributed by atoms with Crippen LogP contribution in [0.25, 0.3) is 0 Å². The van der Waals surface area contributed by atoms with E-state index in [2.05, 4.69) is 26.0 Å². The molecule has 0 N–H and O–H groups in total. The Labute approximate surface area is 122 Å². The van der Waals surface area contributed by atoms with Gasteiger partial charge in [0.2, 0.25) is 0 Å². The number of ketones is 1. The van der Waals surface area contributed by atoms with Crippen LogP contribution in [0.5, 0.6) is 0 Å². The monoisotopic (exact) mass is 274 g/mol. The molecule has 1 aliphatic carbocycles. The van der Waals surface area contributed by atoms with Crippen molar-refractivity contribution in [2.45, 2.75) is 58.5 Å². The van der Waals surface area contributed by atoms with E-state index in [0.717, 1.165) is 31.2 Å². The van der Waals surface area contributed by atoms with Crippen LogP contribution in [0.1, 0.15) is 62.4 Å². The number of aryl methyl sites for hydroxylation is 1. The molecule has 1 aromatic rings. The van der Waals surface area contributed by atoms with Gasteiger partial charge in [0.05, 0.1) is 0 Å². The van der Waals surface area contributed by atoms with Gasteiger partial charge in [-0.15, -0.1) is 0 Å². The molecule has 0 saturated heterocycles. The van der Waals surface area contributed by atoms with Crippen LogP contribution in [0.15, 0.2) is 24.3 Å². The quantitative estimate of drug-likeness (QED) is 0.743. The molecule has 0 bridgehead atoms. The van der Waals surface area contributed by atoms with Crippen LogP contribution in [0, 0.1) is 5.92 Å². The van der Waals surface area contributed by atoms with Crippen LogP contribution < -0.4 is 0 Å². The molecule has 1 fully saturated rings. The molecule has 2 unspecified atom stereocenters. The number of Topliss-reactive ketones (excluding diaryl/α,β-unsaturated/α-hetero) is 1. The normalized spacial score (nSPS) is 26.4. The first kappa shape index (κ1) is 15.2. The number of ether oxygens (including phenoxy) is 1. The fourth-order valence-electron chi connectivity index (χ4n) is 3.34. The van der Waals surface area contributed by atoms with Crippen LogP contribution in [0.4, 0.5) is 0 Å². The molecule has 2 rings (SSSR count). The minimum Gasteiger partial charge on any atom is -0.367 e. The molecule has 0 spiro atoms. The Morgan fingerprint density at radius 1 is 1.30 bits per heavy atom. The third-order valence-electron chi connectivity index (χ3n) is 4.41. The van der Waals surface area contributed by atoms with E-state index in [-0.39, 0.29) is 5.78 Å². The van der Waals surface area contributed by atoms with Gasteiger partial charge in [0, 0.05) is 12.2 Å². The number of hydrogen-bond acceptors (Lipinski definition) is 2. The summed E-state index contributed by atoms with van der Waals surface area (Å²) in [6.45, 7) is 6.93. The number of rotatable bonds is 5. The van der Waals surface area contributed by atoms with E-state index >= 15 is 0 Å². The lowest BCUT2D eigenvalue weighted by atomic mass is 9.74. The lowest BCUT2D eigenvalue weighted by Crippen LogP contribution is -2.45. The van der Waals surface area contributed by atoms with Crippen molar-refractivity contribution in [2.75, 3.05) is 6.61 Å². The van der Waals surface area contributed by atoms with Crippen molar-refractivity contribution >= 4 is 5.78 Å². The number of carbonyl (C=O) groups is 1. The molecular formula is C18H26O2. The summed E-state index contributed by atoms with van der Waals surface area (Å²) in [5, 5.41) is 0. The first-order valence-electron chi connectivity index (χ1n) is 7.89. The summed E-state index contributed by atoms with van der Waals surface area (Å²) >= 11 is 0. The molecule has 1 aliphatic rings. The van der Waals surface area contributed by atoms with E-state index in [4.69, 9.17) is 4.74 Å². The Morgan fingerprint density at radius 3 is 2.55 bits per heavy atom. The highest BCUT2D eigenvalue weighted by molar-refractivity contribution is 6.02. The second kappa shape index (κ2) is 6.53. The van der Waals surface area contributed by atoms with Gasteiger partial charge in [-0.05, 0) is 44.1 Å². The van der Waals surface area contributed by atoms with Gasteiger partial charge in [-0.1, -0.05) is 44.5 Å². The van der Waals surface area contributed by atoms with Crippen molar-refractivity contribution in [2.24, 2.45) is 5.92 Å². The highest BCUT2D eigenvalue weighted by Crippen LogP contribution is 2.37. The fraction of sp³-hybridized carbons (Fsp3) is 0.611. The van der Waals surface area contributed by atoms with Crippen molar-refractivity contribution < 1.29 is 9.53 Å². The average molecular weight is 274 g/mol. The van der Waals surface area contributed by atoms with Gasteiger partial charge in [0.15, 0.2) is 5.78 Å². The van der Waals surface area contributed by atoms with E-state index in [1.54, 1.807) is 0 Å². The Hall–Kier alpha value is -1.15. The molecule has 20 heavy (non-hydrogen) atoms. The van der Waals surface area contributed by atoms with Crippen LogP contribution in [-0.4, -0.2) is 18.0 Å². The highest BCUT2D eigenvalue weighted by Gasteiger charge is 2.42. The minimum atomic E-state index is -0.583. The molecule has 0 aromatic heterocycles. The Balaban J connectivity index is 2.25. The molecule has 2 nitrogen and oxygen atoms in total. The molecule has 0 heterocycles. The molecule has 1 aromatic carbocycles. The summed E-state index contributed by atoms with van der Waals surface area (Å²) in [5.74, 6) is 0.739. The minimum absolute atomic E-state index is 0.175. The van der Waals surface area contributed by atoms with Crippen LogP contribution in [0.3, 0.4) is 0 Å². The Bertz CT molecular complexity index is 445. The second-order valence-corrected chi connectivity index (χ2v) is 6.01. The SMILES string of the molecule is CCOC1(C(=O)c2ccc(CC)cc2)CCCC(C)C1. The molecule has 0 radical (unpaired) electrons. The molecule has 110 valence electrons. The van der Waals surface area contributed by atoms with Gasteiger partial charge in [0.1, 0.15) is 5.60 Å². The maximum absolute atomic E-state index is 12.9. The number of hydrogen-bond donors (Lipinski definition) is 0. The molecule has 2 atom stereocenters. The van der Waals surface area contributed by atoms with Gasteiger partial charge in [-0.2, -0.15) is 0 Å². The smallest absolute Gasteiger partial charge is 0.194 e. The topological polar surface area (TPSA) is 26.3 Å². The third kappa shape index (κ3) is 3.12. The Kier molecular flexibility index (Phi) is 4.98. The lowest BCUT2D eigenvalue weighted by molar-refractivity contribution is -0.0511. The predicted molar refractivity (Wildman–Crippen MR) is 82.1 cm³/mol. The first-order chi connectivity index (χ1) is 9.61. The van der Waals surface area contributed by atoms with E-state index in [9.17, 15) is 4.79 Å². The summed E-state index contributed by atoms with van der Waals surface area (Å²) < 4.78 is 5.96. The molecule has 0 aliphatic heterocycles. The van der Waals surface area contributed by atoms with Gasteiger partial charge in [-0.25, -0.2) is 0 Å². The summed E-state index contributed by atoms with van der Waals surface area (Å²) in [5.41, 5.74) is 1.48. The number of carbonyl (C=O) groups excluding carboxylic acids is 1. The maximum Gasteiger partial charge on any atom is 0.194 e. The zero-order chi connectivity index (χ0) is 14.6. The van der Waals surface area contributed by atoms with E-state index in [1.165, 1.54) is 12.0 Å². The predicted octanol–water partition coefficient (Wildman–Crippen LogP) is 4.42. The second-order valence-electron chi connectivity index (χ2n) is 6.01. The summed E-state index contributed by atoms with van der Waals surface area (Å²) in [6, 6.07) is 8.03. The van der Waals surface area contributed by atoms with E-state index < -0.39 is 5.60 Å². The van der Waals surface area contributed by atoms with Crippen molar-refractivity contribution in [1.82, 2.24) is 0 Å². The van der Waals surface area contributed by atoms with Crippen molar-refractivity contribution in [3.63, 3.8) is 0 Å². The zero-order valence-electron chi connectivity index (χ0n) is 12.9. The Morgan fingerprint density at radius 2 is 2.00 bits per heavy atom. The maximum atomic E-state index is 12.9. The van der Waals surface area contributed by atoms with Crippen LogP contribution in [0.2, 0.25) is 0 Å². The summed E-state index contributed by atoms with van der Waals surface area (Å²) in [6.07, 6.45) is 5.01. The van der Waals surface area contributed by atoms with Crippen LogP contribution in [-0.2, 0) is 11.2 Å². The number of benzene rings is 1. The highest BCUT2D eigenvalue weighted by atomic mass is 16.5. The van der Waals surface area contributed by atoms with E-state index in [1.807, 2.05) is 19.1 Å². The molecule has 2 heteroatoms. The van der Waals surface area contributed by atoms with Gasteiger partial charge >= 0.3 is 0 Å². The molecular weight excluding hydrogens is 248 g/mol. The molecule has 1 saturated carbocycles. The summed E-state index contributed by atoms with van der Waals surface area (Å²) in [4.78, 5) is 12.9. The standard InChI is InChI=1S/C18H26O2/c1-4-15-8-10-16(11-9-15)17(19)18(20-5-2)12-6-7-14(3)13-18/h8-11,14H,4-7,12-13H2,1-3H3. The van der Waals surface area contributed by atoms with Crippen molar-refractivity contribution in [3.8, 4) is 0 Å². The van der Waals surface area contributed by atoms with Crippen LogP contribution >= 0.6 is 0 Å². The van der Waals surface area contributed by atoms with Gasteiger partial charge in [-0.3, -0.25) is 4.79 Å². The zero-order valence-corrected chi connectivity index (χ0v) is 12.9. The van der Waals surface area contributed by atoms with Crippen molar-refractivity contribution in [1.29, 1.82) is 0 Å². The lowest BCUT2D eigenvalue weighted by Gasteiger charge is -2.38. The van der Waals surface area contributed by atoms with Gasteiger partial charge in [0.25, 0.3) is 0 Å². The largest absolute Gasteiger partial charge is 0.367 e. The first-order valence-corrected chi connectivity index (χ1v) is 7.89. The van der Waals surface area contributed by atoms with E-state index in [0.29, 0.717) is 12.5 Å². The molecule has 0 amide bonds. The third-order valence-corrected chi connectivity index (χ3v) is 4.41. The van der Waals surface area contributed by atoms with Gasteiger partial charge < -0.3 is 4.74 Å². The van der Waals surface area contributed by atoms with Crippen molar-refractivity contribution in [3.05, 3.63) is 35.4 Å². The average Bonchev–Trinajstić information content (AvgIpc) is 2.47. The summed E-state index contributed by atoms with van der Waals surface area (Å²) in [7, 11) is 0. The fourth-order valence-corrected chi connectivity index (χ4v) is 3.34.